The highest BCUT2D eigenvalue weighted by atomic mass is 35.5. The molecule has 7 heteroatoms. The number of pyridine rings is 1. The van der Waals surface area contributed by atoms with Gasteiger partial charge in [-0.2, -0.15) is 0 Å². The molecule has 0 atom stereocenters. The Morgan fingerprint density at radius 1 is 1.06 bits per heavy atom. The molecule has 6 nitrogen and oxygen atoms in total. The van der Waals surface area contributed by atoms with Crippen LogP contribution in [0, 0.1) is 6.92 Å². The van der Waals surface area contributed by atoms with Gasteiger partial charge in [0.05, 0.1) is 5.02 Å². The molecule has 1 fully saturated rings. The van der Waals surface area contributed by atoms with Gasteiger partial charge in [0.25, 0.3) is 0 Å². The van der Waals surface area contributed by atoms with Crippen LogP contribution >= 0.6 is 11.6 Å². The number of aryl methyl sites for hydroxylation is 1. The molecule has 2 aromatic carbocycles. The molecule has 1 amide bonds. The predicted molar refractivity (Wildman–Crippen MR) is 137 cm³/mol. The second-order valence-electron chi connectivity index (χ2n) is 8.54. The van der Waals surface area contributed by atoms with Crippen LogP contribution in [-0.4, -0.2) is 56.1 Å². The summed E-state index contributed by atoms with van der Waals surface area (Å²) in [6.45, 7) is 6.79. The molecule has 1 aliphatic heterocycles. The van der Waals surface area contributed by atoms with Crippen LogP contribution in [0.2, 0.25) is 5.02 Å². The van der Waals surface area contributed by atoms with Gasteiger partial charge in [-0.15, -0.1) is 0 Å². The highest BCUT2D eigenvalue weighted by molar-refractivity contribution is 6.34. The standard InChI is InChI=1S/C26H30ClN5O/c1-18-3-8-23(25(27)22(18)9-10-29-17-33)24-15-20(16-30-26(24)28)19-4-6-21(7-5-19)32-13-11-31(2)12-14-32/h3-8,15-17H,9-14H2,1-2H3,(H2,28,30)(H,29,33). The number of carbonyl (C=O) groups is 1. The number of nitrogens with zero attached hydrogens (tertiary/aromatic N) is 3. The van der Waals surface area contributed by atoms with E-state index in [1.54, 1.807) is 6.20 Å². The van der Waals surface area contributed by atoms with Gasteiger partial charge in [-0.1, -0.05) is 35.9 Å². The quantitative estimate of drug-likeness (QED) is 0.409. The van der Waals surface area contributed by atoms with Crippen LogP contribution in [-0.2, 0) is 11.2 Å². The van der Waals surface area contributed by atoms with Crippen LogP contribution < -0.4 is 16.0 Å². The molecule has 1 saturated heterocycles. The molecule has 2 heterocycles. The van der Waals surface area contributed by atoms with E-state index in [9.17, 15) is 4.79 Å². The van der Waals surface area contributed by atoms with Crippen molar-refractivity contribution < 1.29 is 4.79 Å². The van der Waals surface area contributed by atoms with E-state index in [2.05, 4.69) is 57.5 Å². The fourth-order valence-corrected chi connectivity index (χ4v) is 4.68. The highest BCUT2D eigenvalue weighted by Gasteiger charge is 2.16. The zero-order valence-electron chi connectivity index (χ0n) is 19.1. The first kappa shape index (κ1) is 23.1. The van der Waals surface area contributed by atoms with Crippen LogP contribution in [0.5, 0.6) is 0 Å². The Bertz CT molecular complexity index is 1120. The Labute approximate surface area is 200 Å². The second kappa shape index (κ2) is 10.2. The summed E-state index contributed by atoms with van der Waals surface area (Å²) in [5.74, 6) is 0.440. The summed E-state index contributed by atoms with van der Waals surface area (Å²) in [5.41, 5.74) is 13.3. The van der Waals surface area contributed by atoms with Crippen molar-refractivity contribution in [3.05, 3.63) is 64.8 Å². The first-order valence-corrected chi connectivity index (χ1v) is 11.6. The molecule has 0 unspecified atom stereocenters. The number of rotatable bonds is 7. The zero-order valence-corrected chi connectivity index (χ0v) is 19.9. The van der Waals surface area contributed by atoms with E-state index in [4.69, 9.17) is 17.3 Å². The second-order valence-corrected chi connectivity index (χ2v) is 8.92. The summed E-state index contributed by atoms with van der Waals surface area (Å²) in [4.78, 5) is 19.9. The van der Waals surface area contributed by atoms with Crippen molar-refractivity contribution in [3.63, 3.8) is 0 Å². The van der Waals surface area contributed by atoms with Crippen LogP contribution in [0.4, 0.5) is 11.5 Å². The molecule has 0 aliphatic carbocycles. The van der Waals surface area contributed by atoms with E-state index < -0.39 is 0 Å². The molecule has 172 valence electrons. The molecule has 1 aliphatic rings. The van der Waals surface area contributed by atoms with Gasteiger partial charge in [0.2, 0.25) is 6.41 Å². The summed E-state index contributed by atoms with van der Waals surface area (Å²) >= 11 is 6.81. The SMILES string of the molecule is Cc1ccc(-c2cc(-c3ccc(N4CCN(C)CC4)cc3)cnc2N)c(Cl)c1CCNC=O. The molecule has 0 bridgehead atoms. The van der Waals surface area contributed by atoms with Crippen molar-refractivity contribution in [2.75, 3.05) is 50.4 Å². The lowest BCUT2D eigenvalue weighted by Crippen LogP contribution is -2.44. The van der Waals surface area contributed by atoms with Gasteiger partial charge in [-0.25, -0.2) is 4.98 Å². The van der Waals surface area contributed by atoms with Crippen molar-refractivity contribution in [1.82, 2.24) is 15.2 Å². The molecule has 1 aromatic heterocycles. The monoisotopic (exact) mass is 463 g/mol. The first-order chi connectivity index (χ1) is 16.0. The number of halogens is 1. The number of benzene rings is 2. The third-order valence-electron chi connectivity index (χ3n) is 6.36. The lowest BCUT2D eigenvalue weighted by atomic mass is 9.96. The Balaban J connectivity index is 1.62. The van der Waals surface area contributed by atoms with Crippen LogP contribution in [0.3, 0.4) is 0 Å². The number of hydrogen-bond donors (Lipinski definition) is 2. The number of nitrogens with one attached hydrogen (secondary N) is 1. The van der Waals surface area contributed by atoms with Gasteiger partial charge in [-0.3, -0.25) is 4.79 Å². The highest BCUT2D eigenvalue weighted by Crippen LogP contribution is 2.37. The molecule has 4 rings (SSSR count). The van der Waals surface area contributed by atoms with E-state index in [0.29, 0.717) is 30.2 Å². The number of piperazine rings is 1. The van der Waals surface area contributed by atoms with Crippen molar-refractivity contribution in [1.29, 1.82) is 0 Å². The van der Waals surface area contributed by atoms with Gasteiger partial charge in [0.1, 0.15) is 5.82 Å². The molecule has 0 saturated carbocycles. The number of nitrogen functional groups attached to an aromatic ring is 1. The van der Waals surface area contributed by atoms with Crippen LogP contribution in [0.25, 0.3) is 22.3 Å². The van der Waals surface area contributed by atoms with Crippen molar-refractivity contribution in [2.45, 2.75) is 13.3 Å². The van der Waals surface area contributed by atoms with E-state index in [1.807, 2.05) is 19.1 Å². The topological polar surface area (TPSA) is 74.5 Å². The summed E-state index contributed by atoms with van der Waals surface area (Å²) in [5, 5.41) is 3.35. The summed E-state index contributed by atoms with van der Waals surface area (Å²) in [6.07, 6.45) is 3.16. The molecule has 33 heavy (non-hydrogen) atoms. The fourth-order valence-electron chi connectivity index (χ4n) is 4.27. The molecular formula is C26H30ClN5O. The average Bonchev–Trinajstić information content (AvgIpc) is 2.83. The molecule has 3 aromatic rings. The van der Waals surface area contributed by atoms with Crippen LogP contribution in [0.15, 0.2) is 48.7 Å². The van der Waals surface area contributed by atoms with Gasteiger partial charge >= 0.3 is 0 Å². The third kappa shape index (κ3) is 5.13. The van der Waals surface area contributed by atoms with Gasteiger partial charge in [0.15, 0.2) is 0 Å². The molecule has 0 spiro atoms. The number of carbonyl (C=O) groups excluding carboxylic acids is 1. The van der Waals surface area contributed by atoms with Gasteiger partial charge < -0.3 is 20.9 Å². The number of likely N-dealkylation sites (N-methyl/N-ethyl adjacent to an activating group) is 1. The smallest absolute Gasteiger partial charge is 0.207 e. The van der Waals surface area contributed by atoms with Gasteiger partial charge in [0, 0.05) is 61.3 Å². The predicted octanol–water partition coefficient (Wildman–Crippen LogP) is 4.00. The van der Waals surface area contributed by atoms with Crippen molar-refractivity contribution >= 4 is 29.5 Å². The first-order valence-electron chi connectivity index (χ1n) is 11.2. The number of aromatic nitrogens is 1. The number of nitrogens with two attached hydrogens (primary N) is 1. The van der Waals surface area contributed by atoms with E-state index in [-0.39, 0.29) is 0 Å². The largest absolute Gasteiger partial charge is 0.383 e. The third-order valence-corrected chi connectivity index (χ3v) is 6.79. The summed E-state index contributed by atoms with van der Waals surface area (Å²) in [7, 11) is 2.16. The maximum absolute atomic E-state index is 10.6. The lowest BCUT2D eigenvalue weighted by molar-refractivity contribution is -0.109. The maximum atomic E-state index is 10.6. The summed E-state index contributed by atoms with van der Waals surface area (Å²) in [6, 6.07) is 14.7. The zero-order chi connectivity index (χ0) is 23.4. The molecular weight excluding hydrogens is 434 g/mol. The van der Waals surface area contributed by atoms with E-state index in [0.717, 1.165) is 59.6 Å². The fraction of sp³-hybridized carbons (Fsp3) is 0.308. The number of hydrogen-bond acceptors (Lipinski definition) is 5. The minimum absolute atomic E-state index is 0.440. The Morgan fingerprint density at radius 3 is 2.48 bits per heavy atom. The number of anilines is 2. The minimum atomic E-state index is 0.440. The Kier molecular flexibility index (Phi) is 7.16. The van der Waals surface area contributed by atoms with E-state index in [1.165, 1.54) is 5.69 Å². The van der Waals surface area contributed by atoms with Gasteiger partial charge in [-0.05, 0) is 55.3 Å². The summed E-state index contributed by atoms with van der Waals surface area (Å²) < 4.78 is 0. The maximum Gasteiger partial charge on any atom is 0.207 e. The van der Waals surface area contributed by atoms with Crippen LogP contribution in [0.1, 0.15) is 11.1 Å². The number of amides is 1. The molecule has 0 radical (unpaired) electrons. The van der Waals surface area contributed by atoms with Crippen molar-refractivity contribution in [3.8, 4) is 22.3 Å². The normalized spacial score (nSPS) is 14.3. The Hall–Kier alpha value is -3.09. The average molecular weight is 464 g/mol. The molecule has 3 N–H and O–H groups in total. The minimum Gasteiger partial charge on any atom is -0.383 e. The lowest BCUT2D eigenvalue weighted by Gasteiger charge is -2.34. The van der Waals surface area contributed by atoms with E-state index >= 15 is 0 Å². The Morgan fingerprint density at radius 2 is 1.79 bits per heavy atom. The van der Waals surface area contributed by atoms with Crippen molar-refractivity contribution in [2.24, 2.45) is 0 Å².